The van der Waals surface area contributed by atoms with Gasteiger partial charge < -0.3 is 14.2 Å². The van der Waals surface area contributed by atoms with Gasteiger partial charge in [-0.05, 0) is 0 Å². The van der Waals surface area contributed by atoms with Crippen LogP contribution in [0.15, 0.2) is 0 Å². The highest BCUT2D eigenvalue weighted by molar-refractivity contribution is 7.51. The summed E-state index contributed by atoms with van der Waals surface area (Å²) in [6.07, 6.45) is -4.60. The Morgan fingerprint density at radius 1 is 1.53 bits per heavy atom. The molecular formula is C7H13F2O5P. The summed E-state index contributed by atoms with van der Waals surface area (Å²) in [6.45, 7) is 1.46. The first-order valence-corrected chi connectivity index (χ1v) is 6.13. The van der Waals surface area contributed by atoms with Crippen molar-refractivity contribution < 1.29 is 32.3 Å². The molecule has 0 heterocycles. The molecule has 5 nitrogen and oxygen atoms in total. The lowest BCUT2D eigenvalue weighted by Gasteiger charge is -2.17. The Kier molecular flexibility index (Phi) is 5.93. The SMILES string of the molecule is CC(=O)OC(COP(C)(=O)O)CC(F)F. The monoisotopic (exact) mass is 246 g/mol. The highest BCUT2D eigenvalue weighted by atomic mass is 31.2. The van der Waals surface area contributed by atoms with Crippen molar-refractivity contribution in [2.75, 3.05) is 13.3 Å². The molecule has 0 aromatic carbocycles. The van der Waals surface area contributed by atoms with Crippen molar-refractivity contribution >= 4 is 13.6 Å². The first kappa shape index (κ1) is 14.5. The lowest BCUT2D eigenvalue weighted by Crippen LogP contribution is -2.24. The van der Waals surface area contributed by atoms with Gasteiger partial charge in [-0.15, -0.1) is 0 Å². The Morgan fingerprint density at radius 2 is 2.07 bits per heavy atom. The van der Waals surface area contributed by atoms with Crippen molar-refractivity contribution in [2.24, 2.45) is 0 Å². The topological polar surface area (TPSA) is 72.8 Å². The molecular weight excluding hydrogens is 233 g/mol. The first-order valence-electron chi connectivity index (χ1n) is 4.11. The lowest BCUT2D eigenvalue weighted by molar-refractivity contribution is -0.149. The number of esters is 1. The number of carbonyl (C=O) groups is 1. The number of ether oxygens (including phenoxy) is 1. The largest absolute Gasteiger partial charge is 0.460 e. The van der Waals surface area contributed by atoms with Crippen LogP contribution in [0.25, 0.3) is 0 Å². The van der Waals surface area contributed by atoms with E-state index < -0.39 is 39.1 Å². The van der Waals surface area contributed by atoms with E-state index in [0.717, 1.165) is 13.6 Å². The maximum absolute atomic E-state index is 12.0. The molecule has 0 rings (SSSR count). The van der Waals surface area contributed by atoms with Gasteiger partial charge >= 0.3 is 13.6 Å². The van der Waals surface area contributed by atoms with Gasteiger partial charge in [0.25, 0.3) is 0 Å². The minimum atomic E-state index is -3.74. The molecule has 8 heteroatoms. The van der Waals surface area contributed by atoms with E-state index in [2.05, 4.69) is 9.26 Å². The van der Waals surface area contributed by atoms with Crippen molar-refractivity contribution in [3.63, 3.8) is 0 Å². The Labute approximate surface area is 85.9 Å². The predicted molar refractivity (Wildman–Crippen MR) is 47.9 cm³/mol. The molecule has 0 radical (unpaired) electrons. The summed E-state index contributed by atoms with van der Waals surface area (Å²) in [5.74, 6) is -0.742. The van der Waals surface area contributed by atoms with Crippen LogP contribution in [-0.4, -0.2) is 36.7 Å². The fraction of sp³-hybridized carbons (Fsp3) is 0.857. The molecule has 0 spiro atoms. The van der Waals surface area contributed by atoms with Gasteiger partial charge in [0.1, 0.15) is 6.10 Å². The first-order chi connectivity index (χ1) is 6.70. The third-order valence-corrected chi connectivity index (χ3v) is 1.90. The number of alkyl halides is 2. The second-order valence-corrected chi connectivity index (χ2v) is 4.82. The molecule has 0 fully saturated rings. The Hall–Kier alpha value is -0.520. The van der Waals surface area contributed by atoms with Crippen LogP contribution in [0.2, 0.25) is 0 Å². The quantitative estimate of drug-likeness (QED) is 0.566. The van der Waals surface area contributed by atoms with Crippen LogP contribution in [0.3, 0.4) is 0 Å². The smallest absolute Gasteiger partial charge is 0.325 e. The summed E-state index contributed by atoms with van der Waals surface area (Å²) in [7, 11) is -3.74. The van der Waals surface area contributed by atoms with Crippen LogP contribution in [0, 0.1) is 0 Å². The van der Waals surface area contributed by atoms with E-state index in [1.54, 1.807) is 0 Å². The van der Waals surface area contributed by atoms with E-state index in [9.17, 15) is 18.1 Å². The average molecular weight is 246 g/mol. The zero-order chi connectivity index (χ0) is 12.1. The van der Waals surface area contributed by atoms with E-state index in [4.69, 9.17) is 4.89 Å². The molecule has 0 saturated heterocycles. The zero-order valence-electron chi connectivity index (χ0n) is 8.35. The second-order valence-electron chi connectivity index (χ2n) is 2.96. The van der Waals surface area contributed by atoms with Crippen LogP contribution in [0.4, 0.5) is 8.78 Å². The summed E-state index contributed by atoms with van der Waals surface area (Å²) < 4.78 is 43.5. The summed E-state index contributed by atoms with van der Waals surface area (Å²) in [4.78, 5) is 19.2. The van der Waals surface area contributed by atoms with Crippen LogP contribution < -0.4 is 0 Å². The van der Waals surface area contributed by atoms with Crippen LogP contribution in [0.1, 0.15) is 13.3 Å². The van der Waals surface area contributed by atoms with Gasteiger partial charge in [-0.3, -0.25) is 9.36 Å². The standard InChI is InChI=1S/C7H13F2O5P/c1-5(10)14-6(3-7(8)9)4-13-15(2,11)12/h6-7H,3-4H2,1-2H3,(H,11,12). The molecule has 90 valence electrons. The highest BCUT2D eigenvalue weighted by Crippen LogP contribution is 2.36. The summed E-state index contributed by atoms with van der Waals surface area (Å²) in [5, 5.41) is 0. The Morgan fingerprint density at radius 3 is 2.40 bits per heavy atom. The molecule has 2 unspecified atom stereocenters. The molecule has 0 bridgehead atoms. The molecule has 0 aromatic rings. The van der Waals surface area contributed by atoms with Crippen LogP contribution in [0.5, 0.6) is 0 Å². The molecule has 0 saturated carbocycles. The van der Waals surface area contributed by atoms with Gasteiger partial charge in [-0.25, -0.2) is 8.78 Å². The van der Waals surface area contributed by atoms with Gasteiger partial charge in [0.15, 0.2) is 0 Å². The summed E-state index contributed by atoms with van der Waals surface area (Å²) in [6, 6.07) is 0. The van der Waals surface area contributed by atoms with Crippen molar-refractivity contribution in [1.29, 1.82) is 0 Å². The average Bonchev–Trinajstić information content (AvgIpc) is 1.96. The van der Waals surface area contributed by atoms with E-state index >= 15 is 0 Å². The van der Waals surface area contributed by atoms with E-state index in [1.807, 2.05) is 0 Å². The number of hydrogen-bond acceptors (Lipinski definition) is 4. The maximum Gasteiger partial charge on any atom is 0.325 e. The molecule has 15 heavy (non-hydrogen) atoms. The summed E-state index contributed by atoms with van der Waals surface area (Å²) in [5.41, 5.74) is 0. The van der Waals surface area contributed by atoms with Gasteiger partial charge in [0.05, 0.1) is 6.61 Å². The van der Waals surface area contributed by atoms with Crippen molar-refractivity contribution in [1.82, 2.24) is 0 Å². The van der Waals surface area contributed by atoms with Gasteiger partial charge in [0, 0.05) is 20.0 Å². The normalized spacial score (nSPS) is 17.2. The molecule has 0 aliphatic heterocycles. The predicted octanol–water partition coefficient (Wildman–Crippen LogP) is 1.41. The highest BCUT2D eigenvalue weighted by Gasteiger charge is 2.21. The lowest BCUT2D eigenvalue weighted by atomic mass is 10.3. The van der Waals surface area contributed by atoms with Crippen molar-refractivity contribution in [3.8, 4) is 0 Å². The fourth-order valence-corrected chi connectivity index (χ4v) is 1.25. The molecule has 2 atom stereocenters. The third-order valence-electron chi connectivity index (χ3n) is 1.27. The Bertz CT molecular complexity index is 252. The molecule has 0 amide bonds. The molecule has 1 N–H and O–H groups in total. The third kappa shape index (κ3) is 9.78. The minimum absolute atomic E-state index is 0.520. The van der Waals surface area contributed by atoms with Gasteiger partial charge in [-0.2, -0.15) is 0 Å². The number of halogens is 2. The summed E-state index contributed by atoms with van der Waals surface area (Å²) >= 11 is 0. The van der Waals surface area contributed by atoms with Crippen molar-refractivity contribution in [2.45, 2.75) is 25.9 Å². The maximum atomic E-state index is 12.0. The Balaban J connectivity index is 4.12. The van der Waals surface area contributed by atoms with E-state index in [0.29, 0.717) is 0 Å². The second kappa shape index (κ2) is 6.15. The molecule has 0 aliphatic carbocycles. The minimum Gasteiger partial charge on any atom is -0.460 e. The molecule has 0 aromatic heterocycles. The fourth-order valence-electron chi connectivity index (χ4n) is 0.805. The van der Waals surface area contributed by atoms with Gasteiger partial charge in [-0.1, -0.05) is 0 Å². The van der Waals surface area contributed by atoms with Gasteiger partial charge in [0.2, 0.25) is 6.43 Å². The zero-order valence-corrected chi connectivity index (χ0v) is 9.25. The van der Waals surface area contributed by atoms with Crippen LogP contribution in [-0.2, 0) is 18.6 Å². The molecule has 0 aliphatic rings. The van der Waals surface area contributed by atoms with Crippen LogP contribution >= 0.6 is 7.60 Å². The van der Waals surface area contributed by atoms with Crippen molar-refractivity contribution in [3.05, 3.63) is 0 Å². The number of carbonyl (C=O) groups excluding carboxylic acids is 1. The number of rotatable bonds is 6. The van der Waals surface area contributed by atoms with E-state index in [1.165, 1.54) is 0 Å². The number of hydrogen-bond donors (Lipinski definition) is 1. The van der Waals surface area contributed by atoms with E-state index in [-0.39, 0.29) is 0 Å².